The molecule has 0 radical (unpaired) electrons. The van der Waals surface area contributed by atoms with Crippen molar-refractivity contribution >= 4 is 40.9 Å². The lowest BCUT2D eigenvalue weighted by Crippen LogP contribution is -2.20. The monoisotopic (exact) mass is 293 g/mol. The molecule has 0 aliphatic heterocycles. The van der Waals surface area contributed by atoms with Gasteiger partial charge in [0.1, 0.15) is 0 Å². The van der Waals surface area contributed by atoms with Gasteiger partial charge in [-0.05, 0) is 24.6 Å². The van der Waals surface area contributed by atoms with Gasteiger partial charge < -0.3 is 0 Å². The van der Waals surface area contributed by atoms with Crippen LogP contribution in [0.2, 0.25) is 10.0 Å². The number of thioether (sulfide) groups is 1. The predicted octanol–water partition coefficient (Wildman–Crippen LogP) is 3.54. The summed E-state index contributed by atoms with van der Waals surface area (Å²) in [6.07, 6.45) is 0.813. The van der Waals surface area contributed by atoms with Crippen LogP contribution in [-0.2, 0) is 9.63 Å². The topological polar surface area (TPSA) is 38.3 Å². The number of hydrogen-bond donors (Lipinski definition) is 1. The predicted molar refractivity (Wildman–Crippen MR) is 71.6 cm³/mol. The molecule has 94 valence electrons. The Morgan fingerprint density at radius 2 is 2.24 bits per heavy atom. The lowest BCUT2D eigenvalue weighted by atomic mass is 10.4. The van der Waals surface area contributed by atoms with Crippen molar-refractivity contribution in [3.8, 4) is 0 Å². The second-order valence-electron chi connectivity index (χ2n) is 3.28. The zero-order valence-electron chi connectivity index (χ0n) is 9.33. The van der Waals surface area contributed by atoms with E-state index in [1.807, 2.05) is 6.07 Å². The molecule has 0 unspecified atom stereocenters. The number of halogens is 2. The molecule has 1 aromatic rings. The van der Waals surface area contributed by atoms with Crippen LogP contribution in [0.1, 0.15) is 13.3 Å². The molecule has 1 N–H and O–H groups in total. The number of carbonyl (C=O) groups excluding carboxylic acids is 1. The average molecular weight is 294 g/mol. The summed E-state index contributed by atoms with van der Waals surface area (Å²) in [5.74, 6) is 0.648. The lowest BCUT2D eigenvalue weighted by molar-refractivity contribution is -0.131. The minimum Gasteiger partial charge on any atom is -0.274 e. The molecule has 17 heavy (non-hydrogen) atoms. The molecule has 0 bridgehead atoms. The van der Waals surface area contributed by atoms with Crippen molar-refractivity contribution in [3.05, 3.63) is 28.2 Å². The Hall–Kier alpha value is -0.420. The second kappa shape index (κ2) is 7.82. The van der Waals surface area contributed by atoms with E-state index in [-0.39, 0.29) is 5.91 Å². The fraction of sp³-hybridized carbons (Fsp3) is 0.364. The summed E-state index contributed by atoms with van der Waals surface area (Å²) in [7, 11) is 0. The summed E-state index contributed by atoms with van der Waals surface area (Å²) in [6.45, 7) is 1.88. The Balaban J connectivity index is 2.22. The summed E-state index contributed by atoms with van der Waals surface area (Å²) in [6, 6.07) is 5.37. The van der Waals surface area contributed by atoms with E-state index in [0.717, 1.165) is 17.1 Å². The molecule has 1 rings (SSSR count). The molecule has 1 amide bonds. The highest BCUT2D eigenvalue weighted by Gasteiger charge is 2.02. The van der Waals surface area contributed by atoms with Crippen LogP contribution in [0.15, 0.2) is 23.1 Å². The molecule has 0 atom stereocenters. The first-order valence-corrected chi connectivity index (χ1v) is 6.80. The molecule has 0 fully saturated rings. The van der Waals surface area contributed by atoms with Crippen molar-refractivity contribution in [2.45, 2.75) is 18.2 Å². The van der Waals surface area contributed by atoms with Crippen LogP contribution < -0.4 is 5.48 Å². The number of benzene rings is 1. The van der Waals surface area contributed by atoms with Gasteiger partial charge in [-0.3, -0.25) is 9.63 Å². The molecule has 0 aliphatic rings. The maximum atomic E-state index is 10.5. The van der Waals surface area contributed by atoms with Gasteiger partial charge in [0.05, 0.1) is 11.6 Å². The van der Waals surface area contributed by atoms with Gasteiger partial charge in [0.2, 0.25) is 5.91 Å². The molecule has 0 heterocycles. The minimum atomic E-state index is -0.199. The highest BCUT2D eigenvalue weighted by atomic mass is 35.5. The standard InChI is InChI=1S/C11H13Cl2NO2S/c1-8(15)14-16-5-2-6-17-11-7-9(12)3-4-10(11)13/h3-4,7H,2,5-6H2,1H3,(H,14,15). The van der Waals surface area contributed by atoms with Gasteiger partial charge in [-0.2, -0.15) is 0 Å². The summed E-state index contributed by atoms with van der Waals surface area (Å²) in [5.41, 5.74) is 2.27. The van der Waals surface area contributed by atoms with Crippen LogP contribution >= 0.6 is 35.0 Å². The third-order valence-corrected chi connectivity index (χ3v) is 3.58. The van der Waals surface area contributed by atoms with Crippen LogP contribution in [0.5, 0.6) is 0 Å². The second-order valence-corrected chi connectivity index (χ2v) is 5.26. The van der Waals surface area contributed by atoms with Crippen LogP contribution in [0.25, 0.3) is 0 Å². The fourth-order valence-electron chi connectivity index (χ4n) is 1.05. The third-order valence-electron chi connectivity index (χ3n) is 1.76. The van der Waals surface area contributed by atoms with Crippen LogP contribution in [0, 0.1) is 0 Å². The first kappa shape index (κ1) is 14.6. The van der Waals surface area contributed by atoms with Crippen LogP contribution in [-0.4, -0.2) is 18.3 Å². The average Bonchev–Trinajstić information content (AvgIpc) is 2.27. The molecule has 1 aromatic carbocycles. The Bertz CT molecular complexity index is 388. The first-order valence-electron chi connectivity index (χ1n) is 5.06. The molecule has 6 heteroatoms. The molecule has 0 aromatic heterocycles. The molecule has 0 spiro atoms. The Labute approximate surface area is 115 Å². The van der Waals surface area contributed by atoms with Gasteiger partial charge in [0, 0.05) is 22.6 Å². The summed E-state index contributed by atoms with van der Waals surface area (Å²) >= 11 is 13.5. The minimum absolute atomic E-state index is 0.199. The maximum absolute atomic E-state index is 10.5. The Kier molecular flexibility index (Phi) is 6.73. The molecule has 0 saturated heterocycles. The smallest absolute Gasteiger partial charge is 0.240 e. The number of carbonyl (C=O) groups is 1. The van der Waals surface area contributed by atoms with E-state index < -0.39 is 0 Å². The largest absolute Gasteiger partial charge is 0.274 e. The first-order chi connectivity index (χ1) is 8.09. The van der Waals surface area contributed by atoms with Crippen molar-refractivity contribution in [1.29, 1.82) is 0 Å². The number of hydrogen-bond acceptors (Lipinski definition) is 3. The van der Waals surface area contributed by atoms with E-state index in [0.29, 0.717) is 16.7 Å². The number of hydroxylamine groups is 1. The fourth-order valence-corrected chi connectivity index (χ4v) is 2.47. The van der Waals surface area contributed by atoms with Gasteiger partial charge in [-0.1, -0.05) is 23.2 Å². The van der Waals surface area contributed by atoms with Crippen molar-refractivity contribution < 1.29 is 9.63 Å². The normalized spacial score (nSPS) is 10.3. The van der Waals surface area contributed by atoms with E-state index in [1.54, 1.807) is 23.9 Å². The highest BCUT2D eigenvalue weighted by molar-refractivity contribution is 7.99. The van der Waals surface area contributed by atoms with Crippen LogP contribution in [0.4, 0.5) is 0 Å². The number of amides is 1. The van der Waals surface area contributed by atoms with E-state index in [4.69, 9.17) is 28.0 Å². The zero-order valence-corrected chi connectivity index (χ0v) is 11.7. The van der Waals surface area contributed by atoms with Crippen molar-refractivity contribution in [2.75, 3.05) is 12.4 Å². The maximum Gasteiger partial charge on any atom is 0.240 e. The van der Waals surface area contributed by atoms with Gasteiger partial charge in [0.15, 0.2) is 0 Å². The third kappa shape index (κ3) is 6.17. The Morgan fingerprint density at radius 1 is 1.47 bits per heavy atom. The molecular weight excluding hydrogens is 281 g/mol. The van der Waals surface area contributed by atoms with E-state index in [1.165, 1.54) is 6.92 Å². The van der Waals surface area contributed by atoms with Crippen molar-refractivity contribution in [3.63, 3.8) is 0 Å². The number of nitrogens with one attached hydrogen (secondary N) is 1. The van der Waals surface area contributed by atoms with E-state index >= 15 is 0 Å². The van der Waals surface area contributed by atoms with Gasteiger partial charge in [0.25, 0.3) is 0 Å². The summed E-state index contributed by atoms with van der Waals surface area (Å²) in [5, 5.41) is 1.37. The molecule has 3 nitrogen and oxygen atoms in total. The van der Waals surface area contributed by atoms with Crippen LogP contribution in [0.3, 0.4) is 0 Å². The van der Waals surface area contributed by atoms with E-state index in [9.17, 15) is 4.79 Å². The van der Waals surface area contributed by atoms with E-state index in [2.05, 4.69) is 5.48 Å². The van der Waals surface area contributed by atoms with Gasteiger partial charge >= 0.3 is 0 Å². The quantitative estimate of drug-likeness (QED) is 0.495. The number of rotatable bonds is 6. The Morgan fingerprint density at radius 3 is 2.94 bits per heavy atom. The van der Waals surface area contributed by atoms with Crippen molar-refractivity contribution in [2.24, 2.45) is 0 Å². The molecule has 0 aliphatic carbocycles. The SMILES string of the molecule is CC(=O)NOCCCSc1cc(Cl)ccc1Cl. The molecule has 0 saturated carbocycles. The highest BCUT2D eigenvalue weighted by Crippen LogP contribution is 2.30. The summed E-state index contributed by atoms with van der Waals surface area (Å²) < 4.78 is 0. The van der Waals surface area contributed by atoms with Crippen molar-refractivity contribution in [1.82, 2.24) is 5.48 Å². The molecular formula is C11H13Cl2NO2S. The lowest BCUT2D eigenvalue weighted by Gasteiger charge is -2.05. The van der Waals surface area contributed by atoms with Gasteiger partial charge in [-0.15, -0.1) is 11.8 Å². The zero-order chi connectivity index (χ0) is 12.7. The summed E-state index contributed by atoms with van der Waals surface area (Å²) in [4.78, 5) is 16.4. The van der Waals surface area contributed by atoms with Gasteiger partial charge in [-0.25, -0.2) is 5.48 Å².